The first-order valence-corrected chi connectivity index (χ1v) is 7.09. The van der Waals surface area contributed by atoms with Gasteiger partial charge < -0.3 is 19.9 Å². The van der Waals surface area contributed by atoms with Crippen LogP contribution in [-0.4, -0.2) is 31.1 Å². The van der Waals surface area contributed by atoms with E-state index in [1.165, 1.54) is 0 Å². The van der Waals surface area contributed by atoms with Gasteiger partial charge in [0.2, 0.25) is 5.75 Å². The summed E-state index contributed by atoms with van der Waals surface area (Å²) < 4.78 is 18.6. The summed E-state index contributed by atoms with van der Waals surface area (Å²) in [4.78, 5) is 0. The Hall–Kier alpha value is -1.89. The number of benzene rings is 1. The third-order valence-electron chi connectivity index (χ3n) is 3.20. The summed E-state index contributed by atoms with van der Waals surface area (Å²) in [5.41, 5.74) is 7.77. The third-order valence-corrected chi connectivity index (χ3v) is 4.18. The Labute approximate surface area is 131 Å². The number of nitrogens with zero attached hydrogens (tertiary/aromatic N) is 2. The highest BCUT2D eigenvalue weighted by molar-refractivity contribution is 9.10. The molecule has 0 bridgehead atoms. The number of hydrogen-bond donors (Lipinski definition) is 1. The summed E-state index contributed by atoms with van der Waals surface area (Å²) in [6.07, 6.45) is 0. The Kier molecular flexibility index (Phi) is 4.62. The average molecular weight is 356 g/mol. The molecular weight excluding hydrogens is 338 g/mol. The van der Waals surface area contributed by atoms with Gasteiger partial charge in [-0.05, 0) is 35.0 Å². The molecule has 7 heteroatoms. The molecular formula is C14H18BrN3O3. The van der Waals surface area contributed by atoms with Gasteiger partial charge in [0.1, 0.15) is 5.82 Å². The van der Waals surface area contributed by atoms with E-state index >= 15 is 0 Å². The zero-order valence-electron chi connectivity index (χ0n) is 12.4. The molecule has 0 spiro atoms. The molecule has 0 radical (unpaired) electrons. The summed E-state index contributed by atoms with van der Waals surface area (Å²) in [5.74, 6) is 2.35. The number of hydrogen-bond acceptors (Lipinski definition) is 5. The Morgan fingerprint density at radius 2 is 1.81 bits per heavy atom. The molecule has 0 aliphatic carbocycles. The van der Waals surface area contributed by atoms with E-state index in [-0.39, 0.29) is 0 Å². The van der Waals surface area contributed by atoms with Gasteiger partial charge in [0.25, 0.3) is 0 Å². The van der Waals surface area contributed by atoms with E-state index in [9.17, 15) is 0 Å². The van der Waals surface area contributed by atoms with Crippen LogP contribution in [0.3, 0.4) is 0 Å². The summed E-state index contributed by atoms with van der Waals surface area (Å²) >= 11 is 3.42. The number of anilines is 1. The van der Waals surface area contributed by atoms with Crippen molar-refractivity contribution in [3.63, 3.8) is 0 Å². The molecule has 114 valence electrons. The number of methoxy groups -OCH3 is 3. The quantitative estimate of drug-likeness (QED) is 0.892. The predicted molar refractivity (Wildman–Crippen MR) is 84.3 cm³/mol. The second kappa shape index (κ2) is 6.26. The fourth-order valence-electron chi connectivity index (χ4n) is 2.15. The Morgan fingerprint density at radius 1 is 1.14 bits per heavy atom. The average Bonchev–Trinajstić information content (AvgIpc) is 2.73. The highest BCUT2D eigenvalue weighted by Gasteiger charge is 2.18. The van der Waals surface area contributed by atoms with Crippen LogP contribution in [0.25, 0.3) is 0 Å². The molecule has 2 aromatic rings. The first-order chi connectivity index (χ1) is 10.0. The van der Waals surface area contributed by atoms with E-state index < -0.39 is 0 Å². The van der Waals surface area contributed by atoms with Crippen molar-refractivity contribution in [2.45, 2.75) is 13.5 Å². The zero-order chi connectivity index (χ0) is 15.6. The van der Waals surface area contributed by atoms with Gasteiger partial charge >= 0.3 is 0 Å². The minimum Gasteiger partial charge on any atom is -0.493 e. The first-order valence-electron chi connectivity index (χ1n) is 6.29. The molecule has 0 saturated carbocycles. The van der Waals surface area contributed by atoms with Crippen molar-refractivity contribution in [2.75, 3.05) is 27.1 Å². The van der Waals surface area contributed by atoms with Gasteiger partial charge in [0.05, 0.1) is 38.0 Å². The Morgan fingerprint density at radius 3 is 2.29 bits per heavy atom. The zero-order valence-corrected chi connectivity index (χ0v) is 14.0. The molecule has 0 saturated heterocycles. The number of ether oxygens (including phenoxy) is 3. The molecule has 1 aromatic heterocycles. The number of aromatic nitrogens is 2. The third kappa shape index (κ3) is 2.78. The van der Waals surface area contributed by atoms with Crippen molar-refractivity contribution in [2.24, 2.45) is 0 Å². The van der Waals surface area contributed by atoms with Gasteiger partial charge in [-0.1, -0.05) is 0 Å². The molecule has 0 aliphatic rings. The lowest BCUT2D eigenvalue weighted by Gasteiger charge is -2.16. The lowest BCUT2D eigenvalue weighted by molar-refractivity contribution is 0.321. The number of halogens is 1. The van der Waals surface area contributed by atoms with E-state index in [0.29, 0.717) is 29.6 Å². The Bertz CT molecular complexity index is 655. The lowest BCUT2D eigenvalue weighted by atomic mass is 10.1. The van der Waals surface area contributed by atoms with Crippen LogP contribution in [0.4, 0.5) is 5.82 Å². The standard InChI is InChI=1S/C14H18BrN3O3/c1-8-11(15)14(16)18(17-8)7-9-5-6-10(19-2)13(21-4)12(9)20-3/h5-6H,7,16H2,1-4H3. The van der Waals surface area contributed by atoms with Gasteiger partial charge in [0.15, 0.2) is 11.5 Å². The fraction of sp³-hybridized carbons (Fsp3) is 0.357. The number of rotatable bonds is 5. The van der Waals surface area contributed by atoms with Crippen LogP contribution >= 0.6 is 15.9 Å². The van der Waals surface area contributed by atoms with Crippen LogP contribution in [0, 0.1) is 6.92 Å². The van der Waals surface area contributed by atoms with Gasteiger partial charge in [-0.2, -0.15) is 5.10 Å². The second-order valence-electron chi connectivity index (χ2n) is 4.44. The van der Waals surface area contributed by atoms with Crippen molar-refractivity contribution in [3.05, 3.63) is 27.9 Å². The predicted octanol–water partition coefficient (Wildman–Crippen LogP) is 2.61. The topological polar surface area (TPSA) is 71.5 Å². The summed E-state index contributed by atoms with van der Waals surface area (Å²) in [6.45, 7) is 2.37. The molecule has 0 aliphatic heterocycles. The molecule has 0 fully saturated rings. The van der Waals surface area contributed by atoms with Crippen LogP contribution < -0.4 is 19.9 Å². The van der Waals surface area contributed by atoms with Gasteiger partial charge in [-0.3, -0.25) is 0 Å². The lowest BCUT2D eigenvalue weighted by Crippen LogP contribution is -2.08. The molecule has 0 unspecified atom stereocenters. The van der Waals surface area contributed by atoms with Gasteiger partial charge in [-0.15, -0.1) is 0 Å². The smallest absolute Gasteiger partial charge is 0.203 e. The summed E-state index contributed by atoms with van der Waals surface area (Å²) in [5, 5.41) is 4.40. The van der Waals surface area contributed by atoms with Crippen molar-refractivity contribution >= 4 is 21.7 Å². The van der Waals surface area contributed by atoms with Crippen LogP contribution in [-0.2, 0) is 6.54 Å². The highest BCUT2D eigenvalue weighted by atomic mass is 79.9. The molecule has 0 amide bonds. The maximum absolute atomic E-state index is 6.03. The summed E-state index contributed by atoms with van der Waals surface area (Å²) in [7, 11) is 4.75. The van der Waals surface area contributed by atoms with Crippen molar-refractivity contribution in [3.8, 4) is 17.2 Å². The Balaban J connectivity index is 2.46. The molecule has 21 heavy (non-hydrogen) atoms. The number of nitrogen functional groups attached to an aromatic ring is 1. The SMILES string of the molecule is COc1ccc(Cn2nc(C)c(Br)c2N)c(OC)c1OC. The van der Waals surface area contributed by atoms with Crippen LogP contribution in [0.1, 0.15) is 11.3 Å². The molecule has 1 heterocycles. The maximum atomic E-state index is 6.03. The minimum atomic E-state index is 0.474. The second-order valence-corrected chi connectivity index (χ2v) is 5.23. The monoisotopic (exact) mass is 355 g/mol. The van der Waals surface area contributed by atoms with E-state index in [1.807, 2.05) is 19.1 Å². The van der Waals surface area contributed by atoms with Crippen molar-refractivity contribution in [1.29, 1.82) is 0 Å². The summed E-state index contributed by atoms with van der Waals surface area (Å²) in [6, 6.07) is 3.74. The van der Waals surface area contributed by atoms with E-state index in [2.05, 4.69) is 21.0 Å². The normalized spacial score (nSPS) is 10.5. The van der Waals surface area contributed by atoms with E-state index in [1.54, 1.807) is 26.0 Å². The van der Waals surface area contributed by atoms with Gasteiger partial charge in [0, 0.05) is 5.56 Å². The molecule has 6 nitrogen and oxygen atoms in total. The molecule has 1 aromatic carbocycles. The van der Waals surface area contributed by atoms with E-state index in [0.717, 1.165) is 15.7 Å². The number of aryl methyl sites for hydroxylation is 1. The van der Waals surface area contributed by atoms with Crippen LogP contribution in [0.2, 0.25) is 0 Å². The largest absolute Gasteiger partial charge is 0.493 e. The minimum absolute atomic E-state index is 0.474. The van der Waals surface area contributed by atoms with Crippen molar-refractivity contribution in [1.82, 2.24) is 9.78 Å². The molecule has 2 N–H and O–H groups in total. The first kappa shape index (κ1) is 15.5. The fourth-order valence-corrected chi connectivity index (χ4v) is 2.43. The van der Waals surface area contributed by atoms with E-state index in [4.69, 9.17) is 19.9 Å². The maximum Gasteiger partial charge on any atom is 0.203 e. The molecule has 2 rings (SSSR count). The van der Waals surface area contributed by atoms with Crippen LogP contribution in [0.15, 0.2) is 16.6 Å². The molecule has 0 atom stereocenters. The number of nitrogens with two attached hydrogens (primary N) is 1. The highest BCUT2D eigenvalue weighted by Crippen LogP contribution is 2.40. The van der Waals surface area contributed by atoms with Gasteiger partial charge in [-0.25, -0.2) is 4.68 Å². The van der Waals surface area contributed by atoms with Crippen molar-refractivity contribution < 1.29 is 14.2 Å². The van der Waals surface area contributed by atoms with Crippen LogP contribution in [0.5, 0.6) is 17.2 Å².